The minimum atomic E-state index is 0.0303. The molecule has 0 aliphatic rings. The predicted octanol–water partition coefficient (Wildman–Crippen LogP) is 3.68. The van der Waals surface area contributed by atoms with Crippen molar-refractivity contribution >= 4 is 28.4 Å². The molecule has 0 aliphatic carbocycles. The van der Waals surface area contributed by atoms with Crippen molar-refractivity contribution < 1.29 is 4.79 Å². The van der Waals surface area contributed by atoms with Gasteiger partial charge in [0.1, 0.15) is 0 Å². The van der Waals surface area contributed by atoms with Gasteiger partial charge in [-0.2, -0.15) is 0 Å². The molecule has 100 valence electrons. The maximum atomic E-state index is 12.5. The van der Waals surface area contributed by atoms with Gasteiger partial charge in [0.05, 0.1) is 16.1 Å². The first-order valence-corrected chi connectivity index (χ1v) is 6.81. The Labute approximate surface area is 118 Å². The summed E-state index contributed by atoms with van der Waals surface area (Å²) in [6.07, 6.45) is 0. The summed E-state index contributed by atoms with van der Waals surface area (Å²) >= 11 is 6.17. The largest absolute Gasteiger partial charge is 0.339 e. The fourth-order valence-corrected chi connectivity index (χ4v) is 2.42. The van der Waals surface area contributed by atoms with Crippen molar-refractivity contribution in [2.75, 3.05) is 13.1 Å². The van der Waals surface area contributed by atoms with E-state index < -0.39 is 0 Å². The normalized spacial score (nSPS) is 10.7. The van der Waals surface area contributed by atoms with Crippen molar-refractivity contribution in [1.29, 1.82) is 0 Å². The van der Waals surface area contributed by atoms with Crippen molar-refractivity contribution in [3.8, 4) is 0 Å². The highest BCUT2D eigenvalue weighted by molar-refractivity contribution is 6.35. The molecular weight excluding hydrogens is 260 g/mol. The van der Waals surface area contributed by atoms with Crippen molar-refractivity contribution in [1.82, 2.24) is 9.88 Å². The number of fused-ring (bicyclic) bond motifs is 1. The Hall–Kier alpha value is -1.61. The third kappa shape index (κ3) is 2.56. The van der Waals surface area contributed by atoms with Gasteiger partial charge in [-0.15, -0.1) is 0 Å². The Morgan fingerprint density at radius 3 is 2.63 bits per heavy atom. The Morgan fingerprint density at radius 2 is 2.00 bits per heavy atom. The molecule has 0 atom stereocenters. The lowest BCUT2D eigenvalue weighted by Gasteiger charge is -2.20. The number of hydrogen-bond acceptors (Lipinski definition) is 2. The van der Waals surface area contributed by atoms with Crippen LogP contribution < -0.4 is 0 Å². The van der Waals surface area contributed by atoms with Gasteiger partial charge in [-0.25, -0.2) is 0 Å². The van der Waals surface area contributed by atoms with E-state index in [1.807, 2.05) is 39.0 Å². The Balaban J connectivity index is 2.66. The molecule has 0 unspecified atom stereocenters. The number of benzene rings is 1. The zero-order chi connectivity index (χ0) is 14.0. The Morgan fingerprint density at radius 1 is 1.32 bits per heavy atom. The minimum absolute atomic E-state index is 0.0303. The Kier molecular flexibility index (Phi) is 4.05. The lowest BCUT2D eigenvalue weighted by Crippen LogP contribution is -2.30. The van der Waals surface area contributed by atoms with Gasteiger partial charge < -0.3 is 4.90 Å². The van der Waals surface area contributed by atoms with Gasteiger partial charge in [0.25, 0.3) is 5.91 Å². The number of hydrogen-bond donors (Lipinski definition) is 0. The van der Waals surface area contributed by atoms with E-state index in [1.54, 1.807) is 11.0 Å². The van der Waals surface area contributed by atoms with Crippen molar-refractivity contribution in [2.24, 2.45) is 0 Å². The molecule has 0 saturated carbocycles. The van der Waals surface area contributed by atoms with E-state index in [9.17, 15) is 4.79 Å². The van der Waals surface area contributed by atoms with Crippen molar-refractivity contribution in [3.05, 3.63) is 40.5 Å². The fraction of sp³-hybridized carbons (Fsp3) is 0.333. The summed E-state index contributed by atoms with van der Waals surface area (Å²) in [6, 6.07) is 7.37. The molecule has 1 amide bonds. The van der Waals surface area contributed by atoms with Crippen LogP contribution in [0.1, 0.15) is 29.9 Å². The second-order valence-corrected chi connectivity index (χ2v) is 4.83. The van der Waals surface area contributed by atoms with E-state index in [-0.39, 0.29) is 5.91 Å². The standard InChI is InChI=1S/C15H17ClN2O/c1-4-18(5-2)15(19)12-9-10(3)17-14-11(12)7-6-8-13(14)16/h6-9H,4-5H2,1-3H3. The highest BCUT2D eigenvalue weighted by Gasteiger charge is 2.17. The lowest BCUT2D eigenvalue weighted by molar-refractivity contribution is 0.0775. The highest BCUT2D eigenvalue weighted by atomic mass is 35.5. The average Bonchev–Trinajstić information content (AvgIpc) is 2.40. The number of rotatable bonds is 3. The summed E-state index contributed by atoms with van der Waals surface area (Å²) in [6.45, 7) is 7.22. The van der Waals surface area contributed by atoms with Gasteiger partial charge in [0.2, 0.25) is 0 Å². The van der Waals surface area contributed by atoms with E-state index >= 15 is 0 Å². The molecule has 0 radical (unpaired) electrons. The second kappa shape index (κ2) is 5.57. The summed E-state index contributed by atoms with van der Waals surface area (Å²) in [5.41, 5.74) is 2.17. The first-order valence-electron chi connectivity index (χ1n) is 6.43. The van der Waals surface area contributed by atoms with Gasteiger partial charge in [-0.3, -0.25) is 9.78 Å². The number of carbonyl (C=O) groups excluding carboxylic acids is 1. The van der Waals surface area contributed by atoms with E-state index in [2.05, 4.69) is 4.98 Å². The number of carbonyl (C=O) groups is 1. The zero-order valence-electron chi connectivity index (χ0n) is 11.4. The third-order valence-corrected chi connectivity index (χ3v) is 3.50. The van der Waals surface area contributed by atoms with Crippen LogP contribution >= 0.6 is 11.6 Å². The summed E-state index contributed by atoms with van der Waals surface area (Å²) in [7, 11) is 0. The number of nitrogens with zero attached hydrogens (tertiary/aromatic N) is 2. The van der Waals surface area contributed by atoms with Crippen LogP contribution in [0.2, 0.25) is 5.02 Å². The van der Waals surface area contributed by atoms with Crippen LogP contribution in [0.4, 0.5) is 0 Å². The number of aryl methyl sites for hydroxylation is 1. The monoisotopic (exact) mass is 276 g/mol. The van der Waals surface area contributed by atoms with Crippen LogP contribution in [-0.4, -0.2) is 28.9 Å². The lowest BCUT2D eigenvalue weighted by atomic mass is 10.1. The molecule has 2 rings (SSSR count). The van der Waals surface area contributed by atoms with E-state index in [4.69, 9.17) is 11.6 Å². The summed E-state index contributed by atoms with van der Waals surface area (Å²) in [4.78, 5) is 18.8. The fourth-order valence-electron chi connectivity index (χ4n) is 2.20. The van der Waals surface area contributed by atoms with Crippen LogP contribution in [0.3, 0.4) is 0 Å². The number of para-hydroxylation sites is 1. The summed E-state index contributed by atoms with van der Waals surface area (Å²) in [5.74, 6) is 0.0303. The molecule has 0 saturated heterocycles. The van der Waals surface area contributed by atoms with Crippen LogP contribution in [0.5, 0.6) is 0 Å². The van der Waals surface area contributed by atoms with Crippen LogP contribution in [0.15, 0.2) is 24.3 Å². The summed E-state index contributed by atoms with van der Waals surface area (Å²) in [5, 5.41) is 1.39. The highest BCUT2D eigenvalue weighted by Crippen LogP contribution is 2.25. The molecule has 1 aromatic carbocycles. The van der Waals surface area contributed by atoms with Crippen LogP contribution in [-0.2, 0) is 0 Å². The summed E-state index contributed by atoms with van der Waals surface area (Å²) < 4.78 is 0. The SMILES string of the molecule is CCN(CC)C(=O)c1cc(C)nc2c(Cl)cccc12. The molecule has 0 fully saturated rings. The van der Waals surface area contributed by atoms with Crippen molar-refractivity contribution in [2.45, 2.75) is 20.8 Å². The predicted molar refractivity (Wildman–Crippen MR) is 78.7 cm³/mol. The number of amides is 1. The van der Waals surface area contributed by atoms with Gasteiger partial charge in [-0.05, 0) is 32.9 Å². The molecule has 1 heterocycles. The molecule has 0 aliphatic heterocycles. The first kappa shape index (κ1) is 13.8. The molecule has 4 heteroatoms. The number of halogens is 1. The molecule has 19 heavy (non-hydrogen) atoms. The molecule has 0 spiro atoms. The van der Waals surface area contributed by atoms with Gasteiger partial charge in [-0.1, -0.05) is 23.7 Å². The quantitative estimate of drug-likeness (QED) is 0.857. The number of pyridine rings is 1. The molecular formula is C15H17ClN2O. The third-order valence-electron chi connectivity index (χ3n) is 3.20. The van der Waals surface area contributed by atoms with E-state index in [0.29, 0.717) is 29.2 Å². The Bertz CT molecular complexity index is 621. The second-order valence-electron chi connectivity index (χ2n) is 4.42. The molecule has 0 bridgehead atoms. The number of aromatic nitrogens is 1. The molecule has 0 N–H and O–H groups in total. The first-order chi connectivity index (χ1) is 9.08. The molecule has 3 nitrogen and oxygen atoms in total. The zero-order valence-corrected chi connectivity index (χ0v) is 12.2. The van der Waals surface area contributed by atoms with Crippen LogP contribution in [0.25, 0.3) is 10.9 Å². The van der Waals surface area contributed by atoms with E-state index in [0.717, 1.165) is 11.1 Å². The van der Waals surface area contributed by atoms with Gasteiger partial charge >= 0.3 is 0 Å². The van der Waals surface area contributed by atoms with Crippen molar-refractivity contribution in [3.63, 3.8) is 0 Å². The van der Waals surface area contributed by atoms with Gasteiger partial charge in [0.15, 0.2) is 0 Å². The minimum Gasteiger partial charge on any atom is -0.339 e. The maximum Gasteiger partial charge on any atom is 0.254 e. The average molecular weight is 277 g/mol. The topological polar surface area (TPSA) is 33.2 Å². The maximum absolute atomic E-state index is 12.5. The van der Waals surface area contributed by atoms with Gasteiger partial charge in [0, 0.05) is 24.2 Å². The van der Waals surface area contributed by atoms with Crippen LogP contribution in [0, 0.1) is 6.92 Å². The smallest absolute Gasteiger partial charge is 0.254 e. The molecule has 2 aromatic rings. The van der Waals surface area contributed by atoms with E-state index in [1.165, 1.54) is 0 Å². The molecule has 1 aromatic heterocycles.